The Morgan fingerprint density at radius 2 is 1.82 bits per heavy atom. The number of nitro benzene ring substituents is 1. The fourth-order valence-corrected chi connectivity index (χ4v) is 4.51. The van der Waals surface area contributed by atoms with Crippen LogP contribution >= 0.6 is 23.4 Å². The van der Waals surface area contributed by atoms with E-state index in [1.165, 1.54) is 17.2 Å². The summed E-state index contributed by atoms with van der Waals surface area (Å²) in [7, 11) is 0. The van der Waals surface area contributed by atoms with Gasteiger partial charge in [0.25, 0.3) is 11.6 Å². The molecule has 3 aromatic rings. The van der Waals surface area contributed by atoms with Crippen LogP contribution in [0.3, 0.4) is 0 Å². The Hall–Kier alpha value is -4.02. The Morgan fingerprint density at radius 1 is 1.09 bits per heavy atom. The smallest absolute Gasteiger partial charge is 0.283 e. The molecule has 2 aliphatic heterocycles. The summed E-state index contributed by atoms with van der Waals surface area (Å²) in [6.45, 7) is 0. The monoisotopic (exact) mass is 477 g/mol. The Labute approximate surface area is 195 Å². The van der Waals surface area contributed by atoms with Crippen molar-refractivity contribution in [1.29, 1.82) is 5.41 Å². The summed E-state index contributed by atoms with van der Waals surface area (Å²) in [4.78, 5) is 27.5. The van der Waals surface area contributed by atoms with Crippen LogP contribution in [0.15, 0.2) is 80.7 Å². The van der Waals surface area contributed by atoms with Crippen molar-refractivity contribution in [1.82, 2.24) is 5.01 Å². The summed E-state index contributed by atoms with van der Waals surface area (Å²) >= 11 is 7.40. The molecule has 2 aliphatic rings. The fourth-order valence-electron chi connectivity index (χ4n) is 3.29. The highest BCUT2D eigenvalue weighted by atomic mass is 35.5. The third-order valence-corrected chi connectivity index (χ3v) is 6.11. The van der Waals surface area contributed by atoms with Crippen molar-refractivity contribution in [3.8, 4) is 11.3 Å². The number of aliphatic imine (C=N–C) groups is 1. The molecule has 0 unspecified atom stereocenters. The molecule has 0 fully saturated rings. The SMILES string of the molecule is N=C1C(=Cc2ccc(-c3ccccc3[N+](=O)[O-])o2)C(=O)N=C2SC(c3ccccc3Cl)=NN12. The standard InChI is InChI=1S/C22H12ClN5O4S/c23-16-7-3-1-5-13(16)21-26-27-19(24)15(20(29)25-22(27)33-21)11-12-9-10-18(32-12)14-6-2-4-8-17(14)28(30)31/h1-11,24H. The summed E-state index contributed by atoms with van der Waals surface area (Å²) in [6, 6.07) is 16.5. The molecule has 0 radical (unpaired) electrons. The van der Waals surface area contributed by atoms with Crippen LogP contribution in [0, 0.1) is 15.5 Å². The fraction of sp³-hybridized carbons (Fsp3) is 0. The number of hydrazone groups is 1. The lowest BCUT2D eigenvalue weighted by Crippen LogP contribution is -2.35. The van der Waals surface area contributed by atoms with E-state index in [1.54, 1.807) is 48.5 Å². The minimum atomic E-state index is -0.613. The first-order chi connectivity index (χ1) is 15.9. The molecular formula is C22H12ClN5O4S. The summed E-state index contributed by atoms with van der Waals surface area (Å²) in [5.74, 6) is -0.262. The van der Waals surface area contributed by atoms with Gasteiger partial charge in [-0.3, -0.25) is 20.3 Å². The summed E-state index contributed by atoms with van der Waals surface area (Å²) < 4.78 is 5.72. The van der Waals surface area contributed by atoms with Crippen molar-refractivity contribution in [3.05, 3.63) is 92.7 Å². The highest BCUT2D eigenvalue weighted by molar-refractivity contribution is 8.27. The molecule has 1 amide bonds. The molecule has 0 saturated carbocycles. The minimum Gasteiger partial charge on any atom is -0.456 e. The van der Waals surface area contributed by atoms with E-state index in [9.17, 15) is 14.9 Å². The van der Waals surface area contributed by atoms with Crippen molar-refractivity contribution in [2.24, 2.45) is 10.1 Å². The lowest BCUT2D eigenvalue weighted by atomic mass is 10.1. The number of nitro groups is 1. The third kappa shape index (κ3) is 3.75. The molecule has 0 spiro atoms. The van der Waals surface area contributed by atoms with E-state index in [4.69, 9.17) is 21.4 Å². The highest BCUT2D eigenvalue weighted by Gasteiger charge is 2.36. The number of benzene rings is 2. The van der Waals surface area contributed by atoms with Crippen molar-refractivity contribution in [2.45, 2.75) is 0 Å². The number of carbonyl (C=O) groups is 1. The quantitative estimate of drug-likeness (QED) is 0.313. The van der Waals surface area contributed by atoms with Crippen molar-refractivity contribution < 1.29 is 14.1 Å². The number of fused-ring (bicyclic) bond motifs is 1. The molecule has 0 atom stereocenters. The number of rotatable bonds is 4. The molecular weight excluding hydrogens is 466 g/mol. The van der Waals surface area contributed by atoms with Crippen LogP contribution in [-0.4, -0.2) is 31.9 Å². The maximum atomic E-state index is 12.6. The van der Waals surface area contributed by atoms with Crippen LogP contribution in [0.5, 0.6) is 0 Å². The van der Waals surface area contributed by atoms with Gasteiger partial charge in [-0.25, -0.2) is 0 Å². The number of para-hydroxylation sites is 1. The van der Waals surface area contributed by atoms with E-state index in [0.29, 0.717) is 21.2 Å². The zero-order valence-electron chi connectivity index (χ0n) is 16.6. The normalized spacial score (nSPS) is 16.6. The first-order valence-corrected chi connectivity index (χ1v) is 10.7. The number of hydrogen-bond donors (Lipinski definition) is 1. The highest BCUT2D eigenvalue weighted by Crippen LogP contribution is 2.34. The van der Waals surface area contributed by atoms with E-state index in [-0.39, 0.29) is 33.8 Å². The number of nitrogens with one attached hydrogen (secondary N) is 1. The van der Waals surface area contributed by atoms with Gasteiger partial charge in [-0.2, -0.15) is 15.1 Å². The molecule has 11 heteroatoms. The van der Waals surface area contributed by atoms with E-state index >= 15 is 0 Å². The Morgan fingerprint density at radius 3 is 2.58 bits per heavy atom. The average Bonchev–Trinajstić information content (AvgIpc) is 3.44. The molecule has 0 aliphatic carbocycles. The average molecular weight is 478 g/mol. The lowest BCUT2D eigenvalue weighted by molar-refractivity contribution is -0.384. The Balaban J connectivity index is 1.47. The number of thioether (sulfide) groups is 1. The van der Waals surface area contributed by atoms with Crippen LogP contribution < -0.4 is 0 Å². The number of furan rings is 1. The Kier molecular flexibility index (Phi) is 5.15. The molecule has 3 heterocycles. The van der Waals surface area contributed by atoms with Crippen molar-refractivity contribution >= 4 is 57.1 Å². The summed E-state index contributed by atoms with van der Waals surface area (Å²) in [6.07, 6.45) is 1.37. The van der Waals surface area contributed by atoms with Crippen LogP contribution in [0.1, 0.15) is 11.3 Å². The van der Waals surface area contributed by atoms with Gasteiger partial charge < -0.3 is 4.42 Å². The van der Waals surface area contributed by atoms with Crippen LogP contribution in [0.25, 0.3) is 17.4 Å². The lowest BCUT2D eigenvalue weighted by Gasteiger charge is -2.19. The zero-order chi connectivity index (χ0) is 23.1. The number of amidine groups is 2. The van der Waals surface area contributed by atoms with Crippen LogP contribution in [0.2, 0.25) is 5.02 Å². The maximum absolute atomic E-state index is 12.6. The zero-order valence-corrected chi connectivity index (χ0v) is 18.1. The van der Waals surface area contributed by atoms with Gasteiger partial charge in [0, 0.05) is 11.6 Å². The van der Waals surface area contributed by atoms with Crippen LogP contribution in [-0.2, 0) is 4.79 Å². The maximum Gasteiger partial charge on any atom is 0.283 e. The first kappa shape index (κ1) is 20.9. The predicted octanol–water partition coefficient (Wildman–Crippen LogP) is 5.18. The van der Waals surface area contributed by atoms with E-state index in [2.05, 4.69) is 10.1 Å². The van der Waals surface area contributed by atoms with Gasteiger partial charge in [0.2, 0.25) is 5.17 Å². The van der Waals surface area contributed by atoms with Crippen molar-refractivity contribution in [2.75, 3.05) is 0 Å². The predicted molar refractivity (Wildman–Crippen MR) is 126 cm³/mol. The van der Waals surface area contributed by atoms with Gasteiger partial charge in [-0.1, -0.05) is 41.9 Å². The van der Waals surface area contributed by atoms with Gasteiger partial charge >= 0.3 is 0 Å². The van der Waals surface area contributed by atoms with Gasteiger partial charge in [-0.05, 0) is 42.1 Å². The summed E-state index contributed by atoms with van der Waals surface area (Å²) in [5.41, 5.74) is 0.860. The third-order valence-electron chi connectivity index (χ3n) is 4.84. The molecule has 9 nitrogen and oxygen atoms in total. The first-order valence-electron chi connectivity index (χ1n) is 9.51. The second kappa shape index (κ2) is 8.15. The molecule has 33 heavy (non-hydrogen) atoms. The van der Waals surface area contributed by atoms with Gasteiger partial charge in [-0.15, -0.1) is 0 Å². The number of carbonyl (C=O) groups excluding carboxylic acids is 1. The number of halogens is 1. The van der Waals surface area contributed by atoms with E-state index in [1.807, 2.05) is 6.07 Å². The molecule has 162 valence electrons. The molecule has 5 rings (SSSR count). The number of hydrogen-bond acceptors (Lipinski definition) is 7. The van der Waals surface area contributed by atoms with Gasteiger partial charge in [0.15, 0.2) is 5.84 Å². The second-order valence-corrected chi connectivity index (χ2v) is 8.24. The Bertz CT molecular complexity index is 1440. The molecule has 0 saturated heterocycles. The van der Waals surface area contributed by atoms with E-state index < -0.39 is 10.8 Å². The molecule has 1 N–H and O–H groups in total. The van der Waals surface area contributed by atoms with E-state index in [0.717, 1.165) is 11.8 Å². The van der Waals surface area contributed by atoms with Crippen LogP contribution in [0.4, 0.5) is 5.69 Å². The van der Waals surface area contributed by atoms with Gasteiger partial charge in [0.1, 0.15) is 16.6 Å². The van der Waals surface area contributed by atoms with Gasteiger partial charge in [0.05, 0.1) is 21.1 Å². The molecule has 0 bridgehead atoms. The minimum absolute atomic E-state index is 0.0213. The van der Waals surface area contributed by atoms with Crippen molar-refractivity contribution in [3.63, 3.8) is 0 Å². The topological polar surface area (TPSA) is 125 Å². The summed E-state index contributed by atoms with van der Waals surface area (Å²) in [5, 5.41) is 26.7. The number of nitrogens with zero attached hydrogens (tertiary/aromatic N) is 4. The second-order valence-electron chi connectivity index (χ2n) is 6.88. The largest absolute Gasteiger partial charge is 0.456 e. The molecule has 2 aromatic carbocycles. The molecule has 1 aromatic heterocycles. The number of amides is 1.